The lowest BCUT2D eigenvalue weighted by Crippen LogP contribution is -2.08. The Morgan fingerprint density at radius 2 is 1.47 bits per heavy atom. The molecule has 0 spiro atoms. The summed E-state index contributed by atoms with van der Waals surface area (Å²) in [5.41, 5.74) is 1.84. The van der Waals surface area contributed by atoms with Crippen LogP contribution < -0.4 is 0 Å². The lowest BCUT2D eigenvalue weighted by Gasteiger charge is -2.19. The molecule has 0 fully saturated rings. The largest absolute Gasteiger partial charge is 0.0628 e. The van der Waals surface area contributed by atoms with E-state index in [9.17, 15) is 0 Å². The summed E-state index contributed by atoms with van der Waals surface area (Å²) in [6.45, 7) is 13.5. The van der Waals surface area contributed by atoms with Crippen LogP contribution in [0.4, 0.5) is 0 Å². The van der Waals surface area contributed by atoms with Gasteiger partial charge in [0.25, 0.3) is 0 Å². The molecule has 0 bridgehead atoms. The first-order valence-corrected chi connectivity index (χ1v) is 5.83. The van der Waals surface area contributed by atoms with E-state index >= 15 is 0 Å². The minimum absolute atomic E-state index is 0.522. The van der Waals surface area contributed by atoms with E-state index in [0.717, 1.165) is 5.92 Å². The van der Waals surface area contributed by atoms with E-state index in [1.165, 1.54) is 12.0 Å². The Kier molecular flexibility index (Phi) is 6.31. The van der Waals surface area contributed by atoms with Gasteiger partial charge in [0.2, 0.25) is 0 Å². The molecule has 0 radical (unpaired) electrons. The molecule has 0 amide bonds. The minimum atomic E-state index is 0.522. The van der Waals surface area contributed by atoms with Gasteiger partial charge in [-0.25, -0.2) is 0 Å². The molecule has 0 N–H and O–H groups in total. The Morgan fingerprint density at radius 3 is 1.60 bits per heavy atom. The molecule has 0 saturated carbocycles. The zero-order valence-electron chi connectivity index (χ0n) is 11.2. The summed E-state index contributed by atoms with van der Waals surface area (Å²) < 4.78 is 0. The van der Waals surface area contributed by atoms with Crippen LogP contribution in [0.2, 0.25) is 0 Å². The summed E-state index contributed by atoms with van der Waals surface area (Å²) in [5.74, 6) is 0.843. The quantitative estimate of drug-likeness (QED) is 0.601. The molecule has 0 aliphatic heterocycles. The monoisotopic (exact) mass is 206 g/mol. The molecule has 0 heterocycles. The minimum Gasteiger partial charge on any atom is -0.0628 e. The molecule has 0 aliphatic rings. The van der Waals surface area contributed by atoms with Gasteiger partial charge in [0, 0.05) is 0 Å². The molecule has 0 unspecified atom stereocenters. The summed E-state index contributed by atoms with van der Waals surface area (Å²) in [7, 11) is 0. The third kappa shape index (κ3) is 11.1. The smallest absolute Gasteiger partial charge is 0.0380 e. The second kappa shape index (κ2) is 6.66. The highest BCUT2D eigenvalue weighted by Crippen LogP contribution is 2.23. The van der Waals surface area contributed by atoms with Crippen LogP contribution in [0.5, 0.6) is 0 Å². The van der Waals surface area contributed by atoms with Gasteiger partial charge in [0.1, 0.15) is 0 Å². The van der Waals surface area contributed by atoms with Crippen LogP contribution in [0.25, 0.3) is 0 Å². The fraction of sp³-hybridized carbons (Fsp3) is 0.600. The number of hydrogen-bond acceptors (Lipinski definition) is 0. The summed E-state index contributed by atoms with van der Waals surface area (Å²) >= 11 is 0. The van der Waals surface area contributed by atoms with Crippen LogP contribution in [0, 0.1) is 18.3 Å². The molecule has 1 aromatic rings. The van der Waals surface area contributed by atoms with Crippen molar-refractivity contribution in [1.82, 2.24) is 0 Å². The van der Waals surface area contributed by atoms with Gasteiger partial charge in [-0.05, 0) is 24.7 Å². The van der Waals surface area contributed by atoms with Gasteiger partial charge < -0.3 is 0 Å². The summed E-state index contributed by atoms with van der Waals surface area (Å²) in [6, 6.07) is 10.3. The van der Waals surface area contributed by atoms with E-state index in [0.29, 0.717) is 5.41 Å². The molecule has 0 atom stereocenters. The predicted octanol–water partition coefficient (Wildman–Crippen LogP) is 5.07. The van der Waals surface area contributed by atoms with Crippen LogP contribution in [0.1, 0.15) is 46.6 Å². The standard InChI is InChI=1S/C8H18.C7H8/c1-7(2)6-8(3,4)5;1-7-5-3-2-4-6-7/h7H,6H2,1-5H3;2-6H,1H3. The SMILES string of the molecule is CC(C)CC(C)(C)C.Cc1ccccc1. The molecule has 0 nitrogen and oxygen atoms in total. The maximum absolute atomic E-state index is 2.28. The van der Waals surface area contributed by atoms with Crippen molar-refractivity contribution in [2.75, 3.05) is 0 Å². The van der Waals surface area contributed by atoms with Gasteiger partial charge >= 0.3 is 0 Å². The third-order valence-corrected chi connectivity index (χ3v) is 1.96. The number of aryl methyl sites for hydroxylation is 1. The Hall–Kier alpha value is -0.780. The average Bonchev–Trinajstić information content (AvgIpc) is 2.01. The highest BCUT2D eigenvalue weighted by Gasteiger charge is 2.11. The van der Waals surface area contributed by atoms with Crippen molar-refractivity contribution in [3.63, 3.8) is 0 Å². The van der Waals surface area contributed by atoms with Crippen LogP contribution >= 0.6 is 0 Å². The second-order valence-corrected chi connectivity index (χ2v) is 5.81. The maximum atomic E-state index is 2.28. The molecule has 1 rings (SSSR count). The van der Waals surface area contributed by atoms with Gasteiger partial charge in [-0.3, -0.25) is 0 Å². The average molecular weight is 206 g/mol. The Labute approximate surface area is 95.7 Å². The molecule has 0 saturated heterocycles. The number of rotatable bonds is 1. The van der Waals surface area contributed by atoms with Crippen LogP contribution in [-0.2, 0) is 0 Å². The first-order chi connectivity index (χ1) is 6.81. The molecule has 0 aliphatic carbocycles. The van der Waals surface area contributed by atoms with Crippen LogP contribution in [0.15, 0.2) is 30.3 Å². The van der Waals surface area contributed by atoms with Crippen LogP contribution in [0.3, 0.4) is 0 Å². The van der Waals surface area contributed by atoms with E-state index in [1.807, 2.05) is 18.2 Å². The first-order valence-electron chi connectivity index (χ1n) is 5.83. The van der Waals surface area contributed by atoms with Gasteiger partial charge in [-0.2, -0.15) is 0 Å². The fourth-order valence-electron chi connectivity index (χ4n) is 1.76. The topological polar surface area (TPSA) is 0 Å². The molecule has 1 aromatic carbocycles. The zero-order valence-corrected chi connectivity index (χ0v) is 11.2. The highest BCUT2D eigenvalue weighted by molar-refractivity contribution is 5.11. The van der Waals surface area contributed by atoms with Crippen molar-refractivity contribution >= 4 is 0 Å². The summed E-state index contributed by atoms with van der Waals surface area (Å²) in [6.07, 6.45) is 1.33. The van der Waals surface area contributed by atoms with E-state index in [4.69, 9.17) is 0 Å². The maximum Gasteiger partial charge on any atom is -0.0380 e. The fourth-order valence-corrected chi connectivity index (χ4v) is 1.76. The highest BCUT2D eigenvalue weighted by atomic mass is 14.2. The van der Waals surface area contributed by atoms with Crippen molar-refractivity contribution < 1.29 is 0 Å². The molecular weight excluding hydrogens is 180 g/mol. The van der Waals surface area contributed by atoms with Gasteiger partial charge in [-0.1, -0.05) is 70.5 Å². The number of benzene rings is 1. The molecule has 15 heavy (non-hydrogen) atoms. The van der Waals surface area contributed by atoms with Crippen molar-refractivity contribution in [2.45, 2.75) is 48.0 Å². The predicted molar refractivity (Wildman–Crippen MR) is 70.1 cm³/mol. The van der Waals surface area contributed by atoms with Crippen LogP contribution in [-0.4, -0.2) is 0 Å². The van der Waals surface area contributed by atoms with Crippen molar-refractivity contribution in [2.24, 2.45) is 11.3 Å². The Bertz CT molecular complexity index is 238. The third-order valence-electron chi connectivity index (χ3n) is 1.96. The van der Waals surface area contributed by atoms with Crippen molar-refractivity contribution in [3.8, 4) is 0 Å². The van der Waals surface area contributed by atoms with Gasteiger partial charge in [-0.15, -0.1) is 0 Å². The molecule has 0 heteroatoms. The van der Waals surface area contributed by atoms with Crippen molar-refractivity contribution in [1.29, 1.82) is 0 Å². The Balaban J connectivity index is 0.000000262. The Morgan fingerprint density at radius 1 is 1.00 bits per heavy atom. The first kappa shape index (κ1) is 14.2. The summed E-state index contributed by atoms with van der Waals surface area (Å²) in [5, 5.41) is 0. The summed E-state index contributed by atoms with van der Waals surface area (Å²) in [4.78, 5) is 0. The van der Waals surface area contributed by atoms with Gasteiger partial charge in [0.05, 0.1) is 0 Å². The lowest BCUT2D eigenvalue weighted by molar-refractivity contribution is 0.320. The van der Waals surface area contributed by atoms with E-state index in [-0.39, 0.29) is 0 Å². The second-order valence-electron chi connectivity index (χ2n) is 5.81. The van der Waals surface area contributed by atoms with E-state index < -0.39 is 0 Å². The molecule has 0 aromatic heterocycles. The van der Waals surface area contributed by atoms with E-state index in [1.54, 1.807) is 0 Å². The molecular formula is C15H26. The molecule has 86 valence electrons. The normalized spacial score (nSPS) is 10.9. The number of hydrogen-bond donors (Lipinski definition) is 0. The van der Waals surface area contributed by atoms with E-state index in [2.05, 4.69) is 53.7 Å². The lowest BCUT2D eigenvalue weighted by atomic mass is 9.86. The van der Waals surface area contributed by atoms with Crippen molar-refractivity contribution in [3.05, 3.63) is 35.9 Å². The zero-order chi connectivity index (χ0) is 11.9. The van der Waals surface area contributed by atoms with Gasteiger partial charge in [0.15, 0.2) is 0 Å².